The highest BCUT2D eigenvalue weighted by molar-refractivity contribution is 8.00. The maximum absolute atomic E-state index is 12.5. The van der Waals surface area contributed by atoms with E-state index in [1.807, 2.05) is 42.5 Å². The summed E-state index contributed by atoms with van der Waals surface area (Å²) in [5.41, 5.74) is 9.53. The van der Waals surface area contributed by atoms with Crippen LogP contribution in [0.4, 0.5) is 21.0 Å². The number of carbonyl (C=O) groups is 3. The lowest BCUT2D eigenvalue weighted by Crippen LogP contribution is -2.26. The van der Waals surface area contributed by atoms with Gasteiger partial charge in [0.25, 0.3) is 0 Å². The van der Waals surface area contributed by atoms with Gasteiger partial charge in [0.1, 0.15) is 6.10 Å². The quantitative estimate of drug-likeness (QED) is 0.336. The number of rotatable bonds is 9. The van der Waals surface area contributed by atoms with Gasteiger partial charge in [-0.1, -0.05) is 24.3 Å². The second kappa shape index (κ2) is 11.7. The number of ether oxygens (including phenoxy) is 3. The molecule has 0 bridgehead atoms. The van der Waals surface area contributed by atoms with Gasteiger partial charge in [0.2, 0.25) is 5.91 Å². The largest absolute Gasteiger partial charge is 0.493 e. The summed E-state index contributed by atoms with van der Waals surface area (Å²) >= 11 is 1.48. The van der Waals surface area contributed by atoms with Crippen LogP contribution in [0.3, 0.4) is 0 Å². The van der Waals surface area contributed by atoms with Crippen molar-refractivity contribution >= 4 is 41.2 Å². The van der Waals surface area contributed by atoms with E-state index in [1.54, 1.807) is 17.0 Å². The molecule has 0 aromatic heterocycles. The van der Waals surface area contributed by atoms with Crippen LogP contribution in [-0.2, 0) is 16.1 Å². The Kier molecular flexibility index (Phi) is 7.89. The average molecular weight is 549 g/mol. The fourth-order valence-corrected chi connectivity index (χ4v) is 5.31. The smallest absolute Gasteiger partial charge is 0.414 e. The van der Waals surface area contributed by atoms with Crippen LogP contribution in [0.15, 0.2) is 65.6 Å². The molecular formula is C28H28N4O6S. The van der Waals surface area contributed by atoms with Gasteiger partial charge in [0, 0.05) is 17.1 Å². The fourth-order valence-electron chi connectivity index (χ4n) is 4.52. The Balaban J connectivity index is 1.14. The van der Waals surface area contributed by atoms with Crippen LogP contribution in [-0.4, -0.2) is 50.1 Å². The molecule has 202 valence electrons. The van der Waals surface area contributed by atoms with Gasteiger partial charge < -0.3 is 30.6 Å². The van der Waals surface area contributed by atoms with Crippen molar-refractivity contribution in [2.45, 2.75) is 24.0 Å². The number of anilines is 2. The van der Waals surface area contributed by atoms with Crippen molar-refractivity contribution in [3.63, 3.8) is 0 Å². The zero-order valence-corrected chi connectivity index (χ0v) is 22.1. The molecular weight excluding hydrogens is 520 g/mol. The molecule has 0 unspecified atom stereocenters. The third-order valence-electron chi connectivity index (χ3n) is 6.39. The number of nitrogens with zero attached hydrogens (tertiary/aromatic N) is 1. The number of benzene rings is 3. The Morgan fingerprint density at radius 2 is 1.97 bits per heavy atom. The molecule has 3 aromatic carbocycles. The predicted molar refractivity (Wildman–Crippen MR) is 148 cm³/mol. The number of methoxy groups -OCH3 is 1. The molecule has 3 aromatic rings. The van der Waals surface area contributed by atoms with Crippen molar-refractivity contribution in [1.82, 2.24) is 5.32 Å². The molecule has 2 heterocycles. The van der Waals surface area contributed by atoms with Crippen LogP contribution in [0.1, 0.15) is 12.0 Å². The van der Waals surface area contributed by atoms with Crippen LogP contribution in [0.25, 0.3) is 11.1 Å². The monoisotopic (exact) mass is 548 g/mol. The van der Waals surface area contributed by atoms with Gasteiger partial charge >= 0.3 is 12.2 Å². The number of primary amides is 1. The van der Waals surface area contributed by atoms with Gasteiger partial charge in [-0.05, 0) is 66.1 Å². The van der Waals surface area contributed by atoms with Gasteiger partial charge in [0.15, 0.2) is 11.5 Å². The minimum Gasteiger partial charge on any atom is -0.493 e. The van der Waals surface area contributed by atoms with Crippen molar-refractivity contribution in [2.24, 2.45) is 5.73 Å². The van der Waals surface area contributed by atoms with E-state index in [1.165, 1.54) is 18.9 Å². The van der Waals surface area contributed by atoms with E-state index >= 15 is 0 Å². The van der Waals surface area contributed by atoms with Crippen molar-refractivity contribution in [3.8, 4) is 22.6 Å². The maximum Gasteiger partial charge on any atom is 0.414 e. The second-order valence-corrected chi connectivity index (χ2v) is 10.1. The lowest BCUT2D eigenvalue weighted by Gasteiger charge is -2.20. The van der Waals surface area contributed by atoms with Crippen LogP contribution in [0.2, 0.25) is 0 Å². The molecule has 5 rings (SSSR count). The summed E-state index contributed by atoms with van der Waals surface area (Å²) in [5, 5.41) is 6.28. The fraction of sp³-hybridized carbons (Fsp3) is 0.250. The van der Waals surface area contributed by atoms with E-state index in [0.29, 0.717) is 43.2 Å². The van der Waals surface area contributed by atoms with Crippen LogP contribution < -0.4 is 30.7 Å². The topological polar surface area (TPSA) is 132 Å². The maximum atomic E-state index is 12.5. The average Bonchev–Trinajstić information content (AvgIpc) is 3.31. The Bertz CT molecular complexity index is 1410. The number of thioether (sulfide) groups is 1. The molecule has 39 heavy (non-hydrogen) atoms. The number of amides is 3. The molecule has 2 aliphatic heterocycles. The lowest BCUT2D eigenvalue weighted by molar-refractivity contribution is -0.113. The summed E-state index contributed by atoms with van der Waals surface area (Å²) in [7, 11) is 1.50. The Morgan fingerprint density at radius 3 is 2.79 bits per heavy atom. The lowest BCUT2D eigenvalue weighted by atomic mass is 10.0. The Labute approximate surface area is 229 Å². The Hall–Kier alpha value is -4.22. The minimum absolute atomic E-state index is 0.0458. The molecule has 2 aliphatic rings. The highest BCUT2D eigenvalue weighted by Gasteiger charge is 2.32. The van der Waals surface area contributed by atoms with Crippen LogP contribution in [0.5, 0.6) is 11.5 Å². The molecule has 0 spiro atoms. The molecule has 1 fully saturated rings. The SMILES string of the molecule is COc1cc(-c2cccc(CNCC[C@@H]3CN(c4ccc5c(c4)NC(=O)CS5)C(=O)O3)c2)ccc1OC(N)=O. The number of carbonyl (C=O) groups excluding carboxylic acids is 3. The highest BCUT2D eigenvalue weighted by Crippen LogP contribution is 2.36. The third kappa shape index (κ3) is 6.27. The number of hydrogen-bond donors (Lipinski definition) is 3. The van der Waals surface area contributed by atoms with E-state index in [-0.39, 0.29) is 23.9 Å². The minimum atomic E-state index is -0.901. The normalized spacial score (nSPS) is 16.3. The molecule has 11 heteroatoms. The zero-order chi connectivity index (χ0) is 27.4. The van der Waals surface area contributed by atoms with E-state index < -0.39 is 6.09 Å². The van der Waals surface area contributed by atoms with Gasteiger partial charge in [-0.25, -0.2) is 9.59 Å². The van der Waals surface area contributed by atoms with Crippen LogP contribution in [0, 0.1) is 0 Å². The molecule has 1 atom stereocenters. The van der Waals surface area contributed by atoms with Crippen molar-refractivity contribution < 1.29 is 28.6 Å². The van der Waals surface area contributed by atoms with Crippen molar-refractivity contribution in [1.29, 1.82) is 0 Å². The molecule has 0 radical (unpaired) electrons. The summed E-state index contributed by atoms with van der Waals surface area (Å²) in [5.74, 6) is 1.02. The first-order valence-electron chi connectivity index (χ1n) is 12.4. The number of fused-ring (bicyclic) bond motifs is 1. The summed E-state index contributed by atoms with van der Waals surface area (Å²) < 4.78 is 15.9. The van der Waals surface area contributed by atoms with Gasteiger partial charge in [-0.15, -0.1) is 11.8 Å². The number of nitrogens with one attached hydrogen (secondary N) is 2. The molecule has 0 saturated carbocycles. The Morgan fingerprint density at radius 1 is 1.13 bits per heavy atom. The molecule has 1 saturated heterocycles. The summed E-state index contributed by atoms with van der Waals surface area (Å²) in [6.45, 7) is 1.76. The van der Waals surface area contributed by atoms with Crippen LogP contribution >= 0.6 is 11.8 Å². The van der Waals surface area contributed by atoms with Gasteiger partial charge in [-0.2, -0.15) is 0 Å². The standard InChI is InChI=1S/C28H28N4O6S/c1-36-24-12-19(5-7-23(24)38-27(29)34)18-4-2-3-17(11-18)14-30-10-9-21-15-32(28(35)37-21)20-6-8-25-22(13-20)31-26(33)16-39-25/h2-8,11-13,21,30H,9-10,14-16H2,1H3,(H2,29,34)(H,31,33)/t21-/m1/s1. The summed E-state index contributed by atoms with van der Waals surface area (Å²) in [6.07, 6.45) is -0.852. The van der Waals surface area contributed by atoms with E-state index in [4.69, 9.17) is 19.9 Å². The molecule has 0 aliphatic carbocycles. The van der Waals surface area contributed by atoms with Gasteiger partial charge in [-0.3, -0.25) is 9.69 Å². The summed E-state index contributed by atoms with van der Waals surface area (Å²) in [4.78, 5) is 37.9. The number of nitrogens with two attached hydrogens (primary N) is 1. The zero-order valence-electron chi connectivity index (χ0n) is 21.3. The summed E-state index contributed by atoms with van der Waals surface area (Å²) in [6, 6.07) is 19.0. The van der Waals surface area contributed by atoms with Crippen molar-refractivity contribution in [3.05, 3.63) is 66.2 Å². The van der Waals surface area contributed by atoms with Gasteiger partial charge in [0.05, 0.1) is 25.1 Å². The second-order valence-electron chi connectivity index (χ2n) is 9.09. The van der Waals surface area contributed by atoms with E-state index in [9.17, 15) is 14.4 Å². The number of hydrogen-bond acceptors (Lipinski definition) is 8. The third-order valence-corrected chi connectivity index (χ3v) is 7.46. The van der Waals surface area contributed by atoms with Crippen molar-refractivity contribution in [2.75, 3.05) is 36.2 Å². The molecule has 4 N–H and O–H groups in total. The molecule has 3 amide bonds. The predicted octanol–water partition coefficient (Wildman–Crippen LogP) is 4.37. The van der Waals surface area contributed by atoms with E-state index in [2.05, 4.69) is 16.7 Å². The highest BCUT2D eigenvalue weighted by atomic mass is 32.2. The molecule has 10 nitrogen and oxygen atoms in total. The first kappa shape index (κ1) is 26.4. The first-order valence-corrected chi connectivity index (χ1v) is 13.4. The van der Waals surface area contributed by atoms with E-state index in [0.717, 1.165) is 27.3 Å². The first-order chi connectivity index (χ1) is 18.9. The number of cyclic esters (lactones) is 1.